The molecule has 0 radical (unpaired) electrons. The van der Waals surface area contributed by atoms with E-state index in [2.05, 4.69) is 20.6 Å². The van der Waals surface area contributed by atoms with Crippen LogP contribution in [0.25, 0.3) is 16.4 Å². The summed E-state index contributed by atoms with van der Waals surface area (Å²) in [6, 6.07) is 10.8. The minimum absolute atomic E-state index is 0.221. The second-order valence-corrected chi connectivity index (χ2v) is 7.69. The molecule has 0 aliphatic rings. The summed E-state index contributed by atoms with van der Waals surface area (Å²) in [5, 5.41) is 12.3. The lowest BCUT2D eigenvalue weighted by Crippen LogP contribution is -2.32. The molecule has 0 aliphatic carbocycles. The predicted octanol–water partition coefficient (Wildman–Crippen LogP) is 4.01. The monoisotopic (exact) mass is 455 g/mol. The summed E-state index contributed by atoms with van der Waals surface area (Å²) >= 11 is 1.41. The first-order valence-electron chi connectivity index (χ1n) is 9.66. The van der Waals surface area contributed by atoms with Crippen molar-refractivity contribution in [2.24, 2.45) is 0 Å². The number of hydrogen-bond donors (Lipinski definition) is 1. The smallest absolute Gasteiger partial charge is 0.379 e. The quantitative estimate of drug-likeness (QED) is 0.419. The van der Waals surface area contributed by atoms with E-state index in [0.717, 1.165) is 4.88 Å². The summed E-state index contributed by atoms with van der Waals surface area (Å²) in [6.07, 6.45) is -0.854. The Morgan fingerprint density at radius 2 is 2.06 bits per heavy atom. The highest BCUT2D eigenvalue weighted by molar-refractivity contribution is 7.13. The lowest BCUT2D eigenvalue weighted by atomic mass is 10.2. The molecule has 32 heavy (non-hydrogen) atoms. The van der Waals surface area contributed by atoms with Gasteiger partial charge in [0.05, 0.1) is 10.6 Å². The SMILES string of the molecule is CCC(OC(=O)c1nc(-c2cccs2)n(-c2ccc(F)cc2)n1)C(=O)Nc1cc(C)on1. The van der Waals surface area contributed by atoms with E-state index in [4.69, 9.17) is 9.26 Å². The van der Waals surface area contributed by atoms with Crippen LogP contribution < -0.4 is 5.32 Å². The molecule has 0 aliphatic heterocycles. The summed E-state index contributed by atoms with van der Waals surface area (Å²) in [4.78, 5) is 30.3. The normalized spacial score (nSPS) is 11.8. The third kappa shape index (κ3) is 4.57. The van der Waals surface area contributed by atoms with Crippen LogP contribution in [0.5, 0.6) is 0 Å². The first kappa shape index (κ1) is 21.4. The molecule has 11 heteroatoms. The molecule has 0 saturated carbocycles. The van der Waals surface area contributed by atoms with Gasteiger partial charge in [-0.15, -0.1) is 16.4 Å². The number of hydrogen-bond acceptors (Lipinski definition) is 8. The van der Waals surface area contributed by atoms with Gasteiger partial charge in [0.2, 0.25) is 0 Å². The van der Waals surface area contributed by atoms with E-state index in [-0.39, 0.29) is 18.1 Å². The molecule has 1 unspecified atom stereocenters. The summed E-state index contributed by atoms with van der Waals surface area (Å²) < 4.78 is 25.1. The molecular weight excluding hydrogens is 437 g/mol. The van der Waals surface area contributed by atoms with Crippen molar-refractivity contribution < 1.29 is 23.2 Å². The number of aryl methyl sites for hydroxylation is 1. The maximum atomic E-state index is 13.4. The highest BCUT2D eigenvalue weighted by Gasteiger charge is 2.27. The van der Waals surface area contributed by atoms with Crippen molar-refractivity contribution in [3.8, 4) is 16.4 Å². The van der Waals surface area contributed by atoms with Crippen molar-refractivity contribution in [3.63, 3.8) is 0 Å². The van der Waals surface area contributed by atoms with Crippen LogP contribution in [0, 0.1) is 12.7 Å². The second-order valence-electron chi connectivity index (χ2n) is 6.74. The lowest BCUT2D eigenvalue weighted by molar-refractivity contribution is -0.124. The Morgan fingerprint density at radius 3 is 2.69 bits per heavy atom. The summed E-state index contributed by atoms with van der Waals surface area (Å²) in [5.74, 6) is -0.879. The highest BCUT2D eigenvalue weighted by Crippen LogP contribution is 2.26. The third-order valence-electron chi connectivity index (χ3n) is 4.39. The maximum absolute atomic E-state index is 13.4. The fourth-order valence-corrected chi connectivity index (χ4v) is 3.56. The van der Waals surface area contributed by atoms with Crippen LogP contribution in [-0.4, -0.2) is 37.9 Å². The van der Waals surface area contributed by atoms with Crippen molar-refractivity contribution >= 4 is 29.0 Å². The fraction of sp³-hybridized carbons (Fsp3) is 0.190. The van der Waals surface area contributed by atoms with Crippen LogP contribution >= 0.6 is 11.3 Å². The minimum Gasteiger partial charge on any atom is -0.446 e. The average molecular weight is 455 g/mol. The van der Waals surface area contributed by atoms with Gasteiger partial charge in [-0.25, -0.2) is 13.9 Å². The first-order valence-corrected chi connectivity index (χ1v) is 10.5. The van der Waals surface area contributed by atoms with Crippen molar-refractivity contribution in [1.29, 1.82) is 0 Å². The van der Waals surface area contributed by atoms with Gasteiger partial charge < -0.3 is 14.6 Å². The molecule has 164 valence electrons. The Hall–Kier alpha value is -3.86. The number of carbonyl (C=O) groups excluding carboxylic acids is 2. The largest absolute Gasteiger partial charge is 0.446 e. The standard InChI is InChI=1S/C21H18FN5O4S/c1-3-15(20(28)23-17-11-12(2)31-26-17)30-21(29)18-24-19(16-5-4-10-32-16)27(25-18)14-8-6-13(22)7-9-14/h4-11,15H,3H2,1-2H3,(H,23,26,28). The van der Waals surface area contributed by atoms with Gasteiger partial charge in [-0.1, -0.05) is 18.1 Å². The number of ether oxygens (including phenoxy) is 1. The van der Waals surface area contributed by atoms with Gasteiger partial charge in [0.25, 0.3) is 11.7 Å². The van der Waals surface area contributed by atoms with Crippen LogP contribution in [0.1, 0.15) is 29.7 Å². The Kier molecular flexibility index (Phi) is 6.08. The number of anilines is 1. The molecular formula is C21H18FN5O4S. The van der Waals surface area contributed by atoms with Gasteiger partial charge in [0.15, 0.2) is 17.7 Å². The molecule has 4 aromatic rings. The zero-order valence-electron chi connectivity index (χ0n) is 17.1. The number of benzene rings is 1. The molecule has 0 bridgehead atoms. The fourth-order valence-electron chi connectivity index (χ4n) is 2.86. The van der Waals surface area contributed by atoms with Gasteiger partial charge in [-0.05, 0) is 49.1 Å². The number of aromatic nitrogens is 4. The molecule has 4 rings (SSSR count). The van der Waals surface area contributed by atoms with Gasteiger partial charge in [-0.2, -0.15) is 4.98 Å². The maximum Gasteiger partial charge on any atom is 0.379 e. The number of thiophene rings is 1. The van der Waals surface area contributed by atoms with E-state index in [1.54, 1.807) is 19.9 Å². The molecule has 9 nitrogen and oxygen atoms in total. The summed E-state index contributed by atoms with van der Waals surface area (Å²) in [6.45, 7) is 3.39. The average Bonchev–Trinajstić information content (AvgIpc) is 3.53. The highest BCUT2D eigenvalue weighted by atomic mass is 32.1. The number of amides is 1. The van der Waals surface area contributed by atoms with E-state index in [0.29, 0.717) is 17.3 Å². The molecule has 3 aromatic heterocycles. The lowest BCUT2D eigenvalue weighted by Gasteiger charge is -2.13. The number of nitrogens with one attached hydrogen (secondary N) is 1. The van der Waals surface area contributed by atoms with Crippen LogP contribution in [0.15, 0.2) is 52.4 Å². The van der Waals surface area contributed by atoms with E-state index in [1.165, 1.54) is 40.3 Å². The number of nitrogens with zero attached hydrogens (tertiary/aromatic N) is 4. The van der Waals surface area contributed by atoms with Gasteiger partial charge in [0, 0.05) is 6.07 Å². The molecule has 1 aromatic carbocycles. The van der Waals surface area contributed by atoms with Crippen molar-refractivity contribution in [2.45, 2.75) is 26.4 Å². The van der Waals surface area contributed by atoms with Crippen LogP contribution in [0.2, 0.25) is 0 Å². The van der Waals surface area contributed by atoms with E-state index in [9.17, 15) is 14.0 Å². The Balaban J connectivity index is 1.58. The van der Waals surface area contributed by atoms with Crippen LogP contribution in [0.3, 0.4) is 0 Å². The molecule has 0 spiro atoms. The Morgan fingerprint density at radius 1 is 1.28 bits per heavy atom. The molecule has 0 fully saturated rings. The first-order chi connectivity index (χ1) is 15.4. The number of rotatable bonds is 7. The zero-order valence-corrected chi connectivity index (χ0v) is 17.9. The number of carbonyl (C=O) groups is 2. The van der Waals surface area contributed by atoms with Gasteiger partial charge in [0.1, 0.15) is 11.6 Å². The zero-order chi connectivity index (χ0) is 22.7. The number of esters is 1. The van der Waals surface area contributed by atoms with Crippen molar-refractivity contribution in [2.75, 3.05) is 5.32 Å². The second kappa shape index (κ2) is 9.10. The Bertz CT molecular complexity index is 1230. The van der Waals surface area contributed by atoms with E-state index >= 15 is 0 Å². The molecule has 1 atom stereocenters. The van der Waals surface area contributed by atoms with E-state index < -0.39 is 23.8 Å². The molecule has 3 heterocycles. The van der Waals surface area contributed by atoms with Crippen molar-refractivity contribution in [3.05, 3.63) is 65.2 Å². The third-order valence-corrected chi connectivity index (χ3v) is 5.26. The number of halogens is 1. The van der Waals surface area contributed by atoms with Crippen molar-refractivity contribution in [1.82, 2.24) is 19.9 Å². The topological polar surface area (TPSA) is 112 Å². The van der Waals surface area contributed by atoms with E-state index in [1.807, 2.05) is 17.5 Å². The molecule has 1 N–H and O–H groups in total. The van der Waals surface area contributed by atoms with Gasteiger partial charge in [-0.3, -0.25) is 4.79 Å². The minimum atomic E-state index is -1.08. The van der Waals surface area contributed by atoms with Crippen LogP contribution in [0.4, 0.5) is 10.2 Å². The summed E-state index contributed by atoms with van der Waals surface area (Å²) in [7, 11) is 0. The summed E-state index contributed by atoms with van der Waals surface area (Å²) in [5.41, 5.74) is 0.521. The predicted molar refractivity (Wildman–Crippen MR) is 114 cm³/mol. The molecule has 1 amide bonds. The van der Waals surface area contributed by atoms with Crippen LogP contribution in [-0.2, 0) is 9.53 Å². The Labute approximate surface area is 185 Å². The van der Waals surface area contributed by atoms with Gasteiger partial charge >= 0.3 is 5.97 Å². The molecule has 0 saturated heterocycles.